The van der Waals surface area contributed by atoms with E-state index in [4.69, 9.17) is 23.2 Å². The summed E-state index contributed by atoms with van der Waals surface area (Å²) in [6.07, 6.45) is 1.61. The van der Waals surface area contributed by atoms with E-state index in [1.165, 1.54) is 0 Å². The molecule has 1 N–H and O–H groups in total. The molecule has 3 aromatic carbocycles. The van der Waals surface area contributed by atoms with E-state index in [-0.39, 0.29) is 10.8 Å². The van der Waals surface area contributed by atoms with Gasteiger partial charge in [0, 0.05) is 16.5 Å². The van der Waals surface area contributed by atoms with Crippen molar-refractivity contribution < 1.29 is 9.90 Å². The SMILES string of the molecule is CCCc1nnc(SC(c2ccc(Cl)cc2)c2ccc(Cl)cc2)n1-c1cccc(C(=O)O)c1. The Morgan fingerprint density at radius 2 is 1.58 bits per heavy atom. The van der Waals surface area contributed by atoms with Crippen molar-refractivity contribution in [3.8, 4) is 5.69 Å². The first-order valence-corrected chi connectivity index (χ1v) is 12.1. The molecular formula is C25H21Cl2N3O2S. The van der Waals surface area contributed by atoms with Crippen molar-refractivity contribution in [3.05, 3.63) is 105 Å². The Kier molecular flexibility index (Phi) is 7.38. The van der Waals surface area contributed by atoms with Crippen LogP contribution in [0.25, 0.3) is 5.69 Å². The Bertz CT molecular complexity index is 1210. The molecule has 0 saturated carbocycles. The van der Waals surface area contributed by atoms with E-state index in [0.717, 1.165) is 35.5 Å². The monoisotopic (exact) mass is 497 g/mol. The first kappa shape index (κ1) is 23.4. The number of thioether (sulfide) groups is 1. The minimum absolute atomic E-state index is 0.0976. The van der Waals surface area contributed by atoms with Crippen LogP contribution < -0.4 is 0 Å². The van der Waals surface area contributed by atoms with Crippen LogP contribution >= 0.6 is 35.0 Å². The smallest absolute Gasteiger partial charge is 0.335 e. The average molecular weight is 498 g/mol. The van der Waals surface area contributed by atoms with Crippen molar-refractivity contribution in [2.24, 2.45) is 0 Å². The lowest BCUT2D eigenvalue weighted by Crippen LogP contribution is -2.06. The number of aromatic nitrogens is 3. The van der Waals surface area contributed by atoms with Gasteiger partial charge in [0.25, 0.3) is 0 Å². The van der Waals surface area contributed by atoms with E-state index in [9.17, 15) is 9.90 Å². The number of carboxylic acids is 1. The molecule has 168 valence electrons. The molecule has 0 bridgehead atoms. The predicted octanol–water partition coefficient (Wildman–Crippen LogP) is 7.11. The summed E-state index contributed by atoms with van der Waals surface area (Å²) in [6, 6.07) is 22.3. The summed E-state index contributed by atoms with van der Waals surface area (Å²) >= 11 is 13.8. The molecule has 8 heteroatoms. The third kappa shape index (κ3) is 5.41. The Morgan fingerprint density at radius 3 is 2.12 bits per heavy atom. The highest BCUT2D eigenvalue weighted by Gasteiger charge is 2.22. The number of hydrogen-bond acceptors (Lipinski definition) is 4. The van der Waals surface area contributed by atoms with Crippen molar-refractivity contribution >= 4 is 40.9 Å². The number of nitrogens with zero attached hydrogens (tertiary/aromatic N) is 3. The maximum Gasteiger partial charge on any atom is 0.335 e. The maximum atomic E-state index is 11.6. The van der Waals surface area contributed by atoms with Gasteiger partial charge in [-0.3, -0.25) is 4.57 Å². The summed E-state index contributed by atoms with van der Waals surface area (Å²) in [5.74, 6) is -0.190. The van der Waals surface area contributed by atoms with E-state index in [1.54, 1.807) is 30.0 Å². The molecule has 0 amide bonds. The maximum absolute atomic E-state index is 11.6. The van der Waals surface area contributed by atoms with Gasteiger partial charge in [0.1, 0.15) is 5.82 Å². The normalized spacial score (nSPS) is 11.2. The Balaban J connectivity index is 1.81. The van der Waals surface area contributed by atoms with Gasteiger partial charge >= 0.3 is 5.97 Å². The van der Waals surface area contributed by atoms with Gasteiger partial charge < -0.3 is 5.11 Å². The van der Waals surface area contributed by atoms with Gasteiger partial charge in [0.15, 0.2) is 5.16 Å². The summed E-state index contributed by atoms with van der Waals surface area (Å²) < 4.78 is 1.94. The van der Waals surface area contributed by atoms with Gasteiger partial charge in [-0.15, -0.1) is 10.2 Å². The zero-order valence-corrected chi connectivity index (χ0v) is 20.1. The van der Waals surface area contributed by atoms with Crippen LogP contribution in [0.4, 0.5) is 0 Å². The topological polar surface area (TPSA) is 68.0 Å². The first-order valence-electron chi connectivity index (χ1n) is 10.4. The zero-order valence-electron chi connectivity index (χ0n) is 17.8. The molecule has 1 heterocycles. The molecule has 0 fully saturated rings. The van der Waals surface area contributed by atoms with Gasteiger partial charge in [0.2, 0.25) is 0 Å². The number of halogens is 2. The molecular weight excluding hydrogens is 477 g/mol. The molecule has 33 heavy (non-hydrogen) atoms. The minimum atomic E-state index is -0.976. The largest absolute Gasteiger partial charge is 0.478 e. The highest BCUT2D eigenvalue weighted by atomic mass is 35.5. The lowest BCUT2D eigenvalue weighted by molar-refractivity contribution is 0.0697. The summed E-state index contributed by atoms with van der Waals surface area (Å²) in [4.78, 5) is 11.6. The summed E-state index contributed by atoms with van der Waals surface area (Å²) in [5, 5.41) is 20.3. The van der Waals surface area contributed by atoms with Crippen LogP contribution in [-0.4, -0.2) is 25.8 Å². The third-order valence-electron chi connectivity index (χ3n) is 5.09. The van der Waals surface area contributed by atoms with Crippen molar-refractivity contribution in [1.29, 1.82) is 0 Å². The van der Waals surface area contributed by atoms with Gasteiger partial charge in [-0.2, -0.15) is 0 Å². The molecule has 0 aliphatic rings. The van der Waals surface area contributed by atoms with E-state index < -0.39 is 5.97 Å². The van der Waals surface area contributed by atoms with Gasteiger partial charge in [-0.25, -0.2) is 4.79 Å². The molecule has 0 radical (unpaired) electrons. The second-order valence-corrected chi connectivity index (χ2v) is 9.39. The van der Waals surface area contributed by atoms with Crippen LogP contribution in [0.15, 0.2) is 78.0 Å². The lowest BCUT2D eigenvalue weighted by Gasteiger charge is -2.19. The van der Waals surface area contributed by atoms with Crippen LogP contribution in [0.2, 0.25) is 10.0 Å². The molecule has 0 unspecified atom stereocenters. The van der Waals surface area contributed by atoms with E-state index in [0.29, 0.717) is 15.2 Å². The summed E-state index contributed by atoms with van der Waals surface area (Å²) in [5.41, 5.74) is 3.04. The number of aromatic carboxylic acids is 1. The van der Waals surface area contributed by atoms with Crippen LogP contribution in [0, 0.1) is 0 Å². The molecule has 4 aromatic rings. The Morgan fingerprint density at radius 1 is 0.970 bits per heavy atom. The van der Waals surface area contributed by atoms with Crippen molar-refractivity contribution in [3.63, 3.8) is 0 Å². The molecule has 4 rings (SSSR count). The molecule has 5 nitrogen and oxygen atoms in total. The van der Waals surface area contributed by atoms with Crippen LogP contribution in [0.1, 0.15) is 45.9 Å². The average Bonchev–Trinajstić information content (AvgIpc) is 3.21. The third-order valence-corrected chi connectivity index (χ3v) is 6.85. The second-order valence-electron chi connectivity index (χ2n) is 7.44. The molecule has 0 atom stereocenters. The van der Waals surface area contributed by atoms with Crippen molar-refractivity contribution in [1.82, 2.24) is 14.8 Å². The van der Waals surface area contributed by atoms with Gasteiger partial charge in [-0.1, -0.05) is 72.2 Å². The van der Waals surface area contributed by atoms with E-state index in [1.807, 2.05) is 59.2 Å². The number of hydrogen-bond donors (Lipinski definition) is 1. The molecule has 0 spiro atoms. The van der Waals surface area contributed by atoms with E-state index >= 15 is 0 Å². The zero-order chi connectivity index (χ0) is 23.4. The highest BCUT2D eigenvalue weighted by molar-refractivity contribution is 7.99. The summed E-state index contributed by atoms with van der Waals surface area (Å²) in [6.45, 7) is 2.07. The fourth-order valence-electron chi connectivity index (χ4n) is 3.51. The molecule has 0 saturated heterocycles. The van der Waals surface area contributed by atoms with Crippen LogP contribution in [0.3, 0.4) is 0 Å². The molecule has 0 aliphatic carbocycles. The Labute approximate surface area is 206 Å². The quantitative estimate of drug-likeness (QED) is 0.262. The standard InChI is InChI=1S/C25H21Cl2N3O2S/c1-2-4-22-28-29-25(30(22)21-6-3-5-18(15-21)24(31)32)33-23(16-7-11-19(26)12-8-16)17-9-13-20(27)14-10-17/h3,5-15,23H,2,4H2,1H3,(H,31,32). The second kappa shape index (κ2) is 10.4. The fraction of sp³-hybridized carbons (Fsp3) is 0.160. The van der Waals surface area contributed by atoms with E-state index in [2.05, 4.69) is 17.1 Å². The predicted molar refractivity (Wildman–Crippen MR) is 133 cm³/mol. The molecule has 0 aliphatic heterocycles. The van der Waals surface area contributed by atoms with Crippen molar-refractivity contribution in [2.45, 2.75) is 30.2 Å². The minimum Gasteiger partial charge on any atom is -0.478 e. The fourth-order valence-corrected chi connectivity index (χ4v) is 4.96. The van der Waals surface area contributed by atoms with Crippen LogP contribution in [-0.2, 0) is 6.42 Å². The van der Waals surface area contributed by atoms with Gasteiger partial charge in [-0.05, 0) is 60.0 Å². The van der Waals surface area contributed by atoms with Crippen molar-refractivity contribution in [2.75, 3.05) is 0 Å². The number of benzene rings is 3. The number of carboxylic acid groups (broad SMARTS) is 1. The number of carbonyl (C=O) groups is 1. The highest BCUT2D eigenvalue weighted by Crippen LogP contribution is 2.41. The van der Waals surface area contributed by atoms with Gasteiger partial charge in [0.05, 0.1) is 16.5 Å². The van der Waals surface area contributed by atoms with Crippen LogP contribution in [0.5, 0.6) is 0 Å². The number of aryl methyl sites for hydroxylation is 1. The Hall–Kier alpha value is -2.80. The summed E-state index contributed by atoms with van der Waals surface area (Å²) in [7, 11) is 0. The first-order chi connectivity index (χ1) is 16.0. The number of rotatable bonds is 8. The molecule has 1 aromatic heterocycles. The lowest BCUT2D eigenvalue weighted by atomic mass is 10.0.